The van der Waals surface area contributed by atoms with E-state index in [9.17, 15) is 0 Å². The first-order chi connectivity index (χ1) is 8.68. The fourth-order valence-corrected chi connectivity index (χ4v) is 2.87. The van der Waals surface area contributed by atoms with Crippen molar-refractivity contribution in [3.05, 3.63) is 71.3 Å². The fourth-order valence-electron chi connectivity index (χ4n) is 2.87. The molecule has 92 valence electrons. The smallest absolute Gasteiger partial charge is 0.0579 e. The topological polar surface area (TPSA) is 12.0 Å². The van der Waals surface area contributed by atoms with Crippen LogP contribution in [-0.2, 0) is 5.41 Å². The van der Waals surface area contributed by atoms with Crippen LogP contribution in [0.15, 0.2) is 54.6 Å². The molecule has 1 aliphatic rings. The third-order valence-electron chi connectivity index (χ3n) is 3.88. The van der Waals surface area contributed by atoms with Crippen molar-refractivity contribution < 1.29 is 0 Å². The van der Waals surface area contributed by atoms with E-state index in [-0.39, 0.29) is 5.41 Å². The molecule has 0 fully saturated rings. The molecule has 0 spiro atoms. The van der Waals surface area contributed by atoms with Gasteiger partial charge in [-0.15, -0.1) is 0 Å². The van der Waals surface area contributed by atoms with E-state index < -0.39 is 0 Å². The van der Waals surface area contributed by atoms with Gasteiger partial charge < -0.3 is 5.32 Å². The average molecular weight is 237 g/mol. The lowest BCUT2D eigenvalue weighted by atomic mass is 9.75. The molecule has 1 N–H and O–H groups in total. The molecule has 0 saturated carbocycles. The number of hydrogen-bond acceptors (Lipinski definition) is 1. The number of benzene rings is 2. The third kappa shape index (κ3) is 1.85. The molecule has 2 aromatic rings. The van der Waals surface area contributed by atoms with Gasteiger partial charge in [-0.2, -0.15) is 0 Å². The first-order valence-electron chi connectivity index (χ1n) is 6.56. The van der Waals surface area contributed by atoms with E-state index in [0.29, 0.717) is 6.04 Å². The molecule has 0 saturated heterocycles. The fraction of sp³-hybridized carbons (Fsp3) is 0.294. The summed E-state index contributed by atoms with van der Waals surface area (Å²) in [5, 5.41) is 3.68. The minimum Gasteiger partial charge on any atom is -0.305 e. The van der Waals surface area contributed by atoms with Gasteiger partial charge in [-0.1, -0.05) is 68.4 Å². The second-order valence-corrected chi connectivity index (χ2v) is 5.70. The van der Waals surface area contributed by atoms with Crippen LogP contribution in [0.3, 0.4) is 0 Å². The van der Waals surface area contributed by atoms with Crippen LogP contribution in [-0.4, -0.2) is 6.54 Å². The molecule has 2 aromatic carbocycles. The van der Waals surface area contributed by atoms with Gasteiger partial charge in [0.1, 0.15) is 0 Å². The van der Waals surface area contributed by atoms with Gasteiger partial charge in [-0.25, -0.2) is 0 Å². The summed E-state index contributed by atoms with van der Waals surface area (Å²) >= 11 is 0. The normalized spacial score (nSPS) is 21.3. The van der Waals surface area contributed by atoms with Crippen LogP contribution in [0.1, 0.15) is 36.6 Å². The molecule has 0 aliphatic carbocycles. The van der Waals surface area contributed by atoms with E-state index in [2.05, 4.69) is 73.8 Å². The van der Waals surface area contributed by atoms with Crippen molar-refractivity contribution >= 4 is 0 Å². The summed E-state index contributed by atoms with van der Waals surface area (Å²) in [5.41, 5.74) is 4.44. The number of hydrogen-bond donors (Lipinski definition) is 1. The predicted molar refractivity (Wildman–Crippen MR) is 75.8 cm³/mol. The molecule has 1 nitrogen and oxygen atoms in total. The molecule has 0 amide bonds. The predicted octanol–water partition coefficient (Wildman–Crippen LogP) is 3.66. The molecule has 0 aromatic heterocycles. The van der Waals surface area contributed by atoms with Crippen molar-refractivity contribution in [1.29, 1.82) is 0 Å². The summed E-state index contributed by atoms with van der Waals surface area (Å²) in [6.45, 7) is 5.63. The molecule has 0 unspecified atom stereocenters. The Labute approximate surface area is 109 Å². The number of rotatable bonds is 1. The van der Waals surface area contributed by atoms with Crippen molar-refractivity contribution in [3.8, 4) is 0 Å². The molecular formula is C17H19N. The highest BCUT2D eigenvalue weighted by molar-refractivity contribution is 5.43. The second kappa shape index (κ2) is 4.25. The highest BCUT2D eigenvalue weighted by atomic mass is 14.9. The molecule has 1 aliphatic heterocycles. The molecule has 18 heavy (non-hydrogen) atoms. The van der Waals surface area contributed by atoms with Gasteiger partial charge in [0.15, 0.2) is 0 Å². The molecule has 1 heteroatoms. The largest absolute Gasteiger partial charge is 0.305 e. The highest BCUT2D eigenvalue weighted by Crippen LogP contribution is 2.36. The summed E-state index contributed by atoms with van der Waals surface area (Å²) in [5.74, 6) is 0. The van der Waals surface area contributed by atoms with Crippen molar-refractivity contribution in [3.63, 3.8) is 0 Å². The first kappa shape index (κ1) is 11.5. The van der Waals surface area contributed by atoms with E-state index in [1.807, 2.05) is 0 Å². The molecule has 1 heterocycles. The van der Waals surface area contributed by atoms with Gasteiger partial charge in [-0.05, 0) is 16.7 Å². The zero-order valence-corrected chi connectivity index (χ0v) is 11.0. The summed E-state index contributed by atoms with van der Waals surface area (Å²) in [6.07, 6.45) is 0. The van der Waals surface area contributed by atoms with Crippen molar-refractivity contribution in [2.24, 2.45) is 0 Å². The van der Waals surface area contributed by atoms with E-state index in [1.54, 1.807) is 0 Å². The number of fused-ring (bicyclic) bond motifs is 1. The zero-order chi connectivity index (χ0) is 12.6. The Hall–Kier alpha value is -1.60. The Morgan fingerprint density at radius 1 is 0.944 bits per heavy atom. The lowest BCUT2D eigenvalue weighted by molar-refractivity contribution is 0.407. The van der Waals surface area contributed by atoms with Gasteiger partial charge in [-0.3, -0.25) is 0 Å². The van der Waals surface area contributed by atoms with Crippen LogP contribution in [0, 0.1) is 0 Å². The van der Waals surface area contributed by atoms with Crippen LogP contribution in [0.4, 0.5) is 0 Å². The molecule has 0 radical (unpaired) electrons. The van der Waals surface area contributed by atoms with Gasteiger partial charge in [0, 0.05) is 12.0 Å². The Morgan fingerprint density at radius 2 is 1.61 bits per heavy atom. The summed E-state index contributed by atoms with van der Waals surface area (Å²) < 4.78 is 0. The molecular weight excluding hydrogens is 218 g/mol. The maximum absolute atomic E-state index is 3.68. The molecule has 1 atom stereocenters. The van der Waals surface area contributed by atoms with Gasteiger partial charge in [0.25, 0.3) is 0 Å². The lowest BCUT2D eigenvalue weighted by Crippen LogP contribution is -2.42. The van der Waals surface area contributed by atoms with E-state index in [4.69, 9.17) is 0 Å². The van der Waals surface area contributed by atoms with Crippen LogP contribution < -0.4 is 5.32 Å². The van der Waals surface area contributed by atoms with Gasteiger partial charge >= 0.3 is 0 Å². The Morgan fingerprint density at radius 3 is 2.39 bits per heavy atom. The van der Waals surface area contributed by atoms with Crippen molar-refractivity contribution in [1.82, 2.24) is 5.32 Å². The van der Waals surface area contributed by atoms with Gasteiger partial charge in [0.2, 0.25) is 0 Å². The Balaban J connectivity index is 2.11. The summed E-state index contributed by atoms with van der Waals surface area (Å²) in [6, 6.07) is 19.8. The molecule has 0 bridgehead atoms. The lowest BCUT2D eigenvalue weighted by Gasteiger charge is -2.38. The molecule has 3 rings (SSSR count). The zero-order valence-electron chi connectivity index (χ0n) is 11.0. The first-order valence-corrected chi connectivity index (χ1v) is 6.56. The monoisotopic (exact) mass is 237 g/mol. The SMILES string of the molecule is CC1(C)CN[C@H](c2ccccc2)c2ccccc21. The Kier molecular flexibility index (Phi) is 2.71. The maximum atomic E-state index is 3.68. The van der Waals surface area contributed by atoms with Crippen molar-refractivity contribution in [2.45, 2.75) is 25.3 Å². The quantitative estimate of drug-likeness (QED) is 0.798. The van der Waals surface area contributed by atoms with Crippen LogP contribution in [0.2, 0.25) is 0 Å². The van der Waals surface area contributed by atoms with Crippen LogP contribution >= 0.6 is 0 Å². The average Bonchev–Trinajstić information content (AvgIpc) is 2.40. The standard InChI is InChI=1S/C17H19N/c1-17(2)12-18-16(13-8-4-3-5-9-13)14-10-6-7-11-15(14)17/h3-11,16,18H,12H2,1-2H3/t16-/m1/s1. The van der Waals surface area contributed by atoms with E-state index in [1.165, 1.54) is 16.7 Å². The van der Waals surface area contributed by atoms with Crippen LogP contribution in [0.5, 0.6) is 0 Å². The third-order valence-corrected chi connectivity index (χ3v) is 3.88. The number of nitrogens with one attached hydrogen (secondary N) is 1. The minimum atomic E-state index is 0.210. The van der Waals surface area contributed by atoms with Crippen LogP contribution in [0.25, 0.3) is 0 Å². The summed E-state index contributed by atoms with van der Waals surface area (Å²) in [4.78, 5) is 0. The highest BCUT2D eigenvalue weighted by Gasteiger charge is 2.32. The van der Waals surface area contributed by atoms with E-state index >= 15 is 0 Å². The maximum Gasteiger partial charge on any atom is 0.0579 e. The van der Waals surface area contributed by atoms with Crippen molar-refractivity contribution in [2.75, 3.05) is 6.54 Å². The van der Waals surface area contributed by atoms with Gasteiger partial charge in [0.05, 0.1) is 6.04 Å². The minimum absolute atomic E-state index is 0.210. The summed E-state index contributed by atoms with van der Waals surface area (Å²) in [7, 11) is 0. The second-order valence-electron chi connectivity index (χ2n) is 5.70. The van der Waals surface area contributed by atoms with E-state index in [0.717, 1.165) is 6.54 Å². The Bertz CT molecular complexity index is 543.